The third kappa shape index (κ3) is 4.36. The summed E-state index contributed by atoms with van der Waals surface area (Å²) in [7, 11) is 3.58. The Labute approximate surface area is 199 Å². The standard InChI is InChI=1S/C25H29N5O2S/c1-15-12-18(9-10-20(15)27-22(31)14-32-5)30-24(19-13-16(2)29(4)17(19)3)23(28-25(30)33)21-8-6-7-11-26-21/h6-13,23-24H,14H2,1-5H3,(H,27,31)(H,28,33)/t23-,24-/m1/s1. The van der Waals surface area contributed by atoms with Gasteiger partial charge in [0.2, 0.25) is 5.91 Å². The molecular formula is C25H29N5O2S. The highest BCUT2D eigenvalue weighted by Gasteiger charge is 2.42. The fourth-order valence-corrected chi connectivity index (χ4v) is 4.73. The molecule has 1 saturated heterocycles. The summed E-state index contributed by atoms with van der Waals surface area (Å²) >= 11 is 5.83. The van der Waals surface area contributed by atoms with Crippen LogP contribution in [0.5, 0.6) is 0 Å². The van der Waals surface area contributed by atoms with Crippen LogP contribution in [0.2, 0.25) is 0 Å². The van der Waals surface area contributed by atoms with Gasteiger partial charge in [-0.15, -0.1) is 0 Å². The largest absolute Gasteiger partial charge is 0.375 e. The molecule has 2 atom stereocenters. The highest BCUT2D eigenvalue weighted by molar-refractivity contribution is 7.80. The summed E-state index contributed by atoms with van der Waals surface area (Å²) < 4.78 is 7.12. The Morgan fingerprint density at radius 3 is 2.61 bits per heavy atom. The maximum Gasteiger partial charge on any atom is 0.250 e. The summed E-state index contributed by atoms with van der Waals surface area (Å²) in [6, 6.07) is 14.0. The first kappa shape index (κ1) is 22.9. The van der Waals surface area contributed by atoms with E-state index < -0.39 is 0 Å². The third-order valence-corrected chi connectivity index (χ3v) is 6.58. The van der Waals surface area contributed by atoms with E-state index in [2.05, 4.69) is 58.1 Å². The van der Waals surface area contributed by atoms with E-state index in [1.165, 1.54) is 24.1 Å². The number of rotatable bonds is 6. The minimum atomic E-state index is -0.185. The molecule has 0 unspecified atom stereocenters. The molecule has 7 nitrogen and oxygen atoms in total. The second-order valence-electron chi connectivity index (χ2n) is 8.36. The molecule has 3 aromatic rings. The van der Waals surface area contributed by atoms with Crippen LogP contribution in [0.25, 0.3) is 0 Å². The number of carbonyl (C=O) groups excluding carboxylic acids is 1. The molecule has 0 saturated carbocycles. The molecule has 0 aliphatic carbocycles. The monoisotopic (exact) mass is 463 g/mol. The molecule has 2 aromatic heterocycles. The van der Waals surface area contributed by atoms with E-state index in [4.69, 9.17) is 17.0 Å². The molecule has 4 rings (SSSR count). The number of aromatic nitrogens is 2. The smallest absolute Gasteiger partial charge is 0.250 e. The summed E-state index contributed by atoms with van der Waals surface area (Å²) in [6.45, 7) is 6.24. The average molecular weight is 464 g/mol. The zero-order valence-corrected chi connectivity index (χ0v) is 20.4. The number of methoxy groups -OCH3 is 1. The number of amides is 1. The van der Waals surface area contributed by atoms with E-state index in [-0.39, 0.29) is 24.6 Å². The lowest BCUT2D eigenvalue weighted by atomic mass is 9.96. The number of ether oxygens (including phenoxy) is 1. The Morgan fingerprint density at radius 2 is 2.00 bits per heavy atom. The van der Waals surface area contributed by atoms with E-state index in [0.29, 0.717) is 5.11 Å². The number of thiocarbonyl (C=S) groups is 1. The zero-order chi connectivity index (χ0) is 23.7. The summed E-state index contributed by atoms with van der Waals surface area (Å²) in [4.78, 5) is 18.8. The number of hydrogen-bond acceptors (Lipinski definition) is 4. The molecule has 1 aliphatic heterocycles. The topological polar surface area (TPSA) is 71.4 Å². The molecule has 1 aromatic carbocycles. The lowest BCUT2D eigenvalue weighted by molar-refractivity contribution is -0.119. The first-order valence-electron chi connectivity index (χ1n) is 10.8. The lowest BCUT2D eigenvalue weighted by Gasteiger charge is -2.28. The second-order valence-corrected chi connectivity index (χ2v) is 8.75. The zero-order valence-electron chi connectivity index (χ0n) is 19.5. The van der Waals surface area contributed by atoms with Crippen LogP contribution in [0, 0.1) is 20.8 Å². The molecule has 3 heterocycles. The lowest BCUT2D eigenvalue weighted by Crippen LogP contribution is -2.29. The van der Waals surface area contributed by atoms with Crippen LogP contribution in [-0.2, 0) is 16.6 Å². The molecule has 8 heteroatoms. The molecule has 1 aliphatic rings. The SMILES string of the molecule is COCC(=O)Nc1ccc(N2C(=S)N[C@H](c3ccccn3)[C@H]2c2cc(C)n(C)c2C)cc1C. The van der Waals surface area contributed by atoms with Gasteiger partial charge >= 0.3 is 0 Å². The molecular weight excluding hydrogens is 434 g/mol. The van der Waals surface area contributed by atoms with Gasteiger partial charge in [0.05, 0.1) is 17.8 Å². The van der Waals surface area contributed by atoms with Gasteiger partial charge in [0.1, 0.15) is 6.61 Å². The van der Waals surface area contributed by atoms with Crippen molar-refractivity contribution in [1.82, 2.24) is 14.9 Å². The number of carbonyl (C=O) groups is 1. The minimum Gasteiger partial charge on any atom is -0.375 e. The predicted molar refractivity (Wildman–Crippen MR) is 135 cm³/mol. The van der Waals surface area contributed by atoms with Crippen LogP contribution >= 0.6 is 12.2 Å². The average Bonchev–Trinajstić information content (AvgIpc) is 3.27. The summed E-state index contributed by atoms with van der Waals surface area (Å²) in [5.41, 5.74) is 7.17. The van der Waals surface area contributed by atoms with Gasteiger partial charge in [-0.2, -0.15) is 0 Å². The highest BCUT2D eigenvalue weighted by Crippen LogP contribution is 2.43. The normalized spacial score (nSPS) is 17.8. The fourth-order valence-electron chi connectivity index (χ4n) is 4.39. The molecule has 33 heavy (non-hydrogen) atoms. The van der Waals surface area contributed by atoms with Gasteiger partial charge in [-0.1, -0.05) is 6.07 Å². The van der Waals surface area contributed by atoms with E-state index in [1.54, 1.807) is 0 Å². The highest BCUT2D eigenvalue weighted by atomic mass is 32.1. The molecule has 1 amide bonds. The Morgan fingerprint density at radius 1 is 1.21 bits per heavy atom. The van der Waals surface area contributed by atoms with Crippen molar-refractivity contribution in [2.45, 2.75) is 32.9 Å². The number of nitrogens with one attached hydrogen (secondary N) is 2. The maximum atomic E-state index is 12.0. The van der Waals surface area contributed by atoms with E-state index in [0.717, 1.165) is 22.6 Å². The molecule has 2 N–H and O–H groups in total. The van der Waals surface area contributed by atoms with Gasteiger partial charge in [-0.25, -0.2) is 0 Å². The number of pyridine rings is 1. The third-order valence-electron chi connectivity index (χ3n) is 6.27. The van der Waals surface area contributed by atoms with Crippen molar-refractivity contribution in [2.24, 2.45) is 7.05 Å². The fraction of sp³-hybridized carbons (Fsp3) is 0.320. The number of aryl methyl sites for hydroxylation is 2. The summed E-state index contributed by atoms with van der Waals surface area (Å²) in [6.07, 6.45) is 1.81. The van der Waals surface area contributed by atoms with Crippen molar-refractivity contribution in [3.05, 3.63) is 76.9 Å². The molecule has 1 fully saturated rings. The Kier molecular flexibility index (Phi) is 6.49. The van der Waals surface area contributed by atoms with Crippen molar-refractivity contribution in [3.63, 3.8) is 0 Å². The molecule has 0 bridgehead atoms. The van der Waals surface area contributed by atoms with Crippen LogP contribution in [0.4, 0.5) is 11.4 Å². The first-order chi connectivity index (χ1) is 15.8. The van der Waals surface area contributed by atoms with Gasteiger partial charge in [-0.05, 0) is 80.5 Å². The van der Waals surface area contributed by atoms with Gasteiger partial charge < -0.3 is 24.8 Å². The van der Waals surface area contributed by atoms with Gasteiger partial charge in [0, 0.05) is 43.1 Å². The van der Waals surface area contributed by atoms with Crippen molar-refractivity contribution in [3.8, 4) is 0 Å². The Balaban J connectivity index is 1.77. The first-order valence-corrected chi connectivity index (χ1v) is 11.3. The van der Waals surface area contributed by atoms with E-state index in [9.17, 15) is 4.79 Å². The van der Waals surface area contributed by atoms with Gasteiger partial charge in [0.25, 0.3) is 0 Å². The van der Waals surface area contributed by atoms with Gasteiger partial charge in [-0.3, -0.25) is 9.78 Å². The number of nitrogens with zero attached hydrogens (tertiary/aromatic N) is 3. The Bertz CT molecular complexity index is 1190. The van der Waals surface area contributed by atoms with E-state index in [1.807, 2.05) is 43.5 Å². The van der Waals surface area contributed by atoms with Crippen molar-refractivity contribution >= 4 is 34.6 Å². The van der Waals surface area contributed by atoms with Crippen LogP contribution < -0.4 is 15.5 Å². The molecule has 0 radical (unpaired) electrons. The van der Waals surface area contributed by atoms with Crippen LogP contribution in [-0.4, -0.2) is 34.3 Å². The van der Waals surface area contributed by atoms with Crippen molar-refractivity contribution in [1.29, 1.82) is 0 Å². The molecule has 0 spiro atoms. The van der Waals surface area contributed by atoms with Crippen LogP contribution in [0.1, 0.15) is 40.3 Å². The van der Waals surface area contributed by atoms with Crippen molar-refractivity contribution < 1.29 is 9.53 Å². The quantitative estimate of drug-likeness (QED) is 0.536. The van der Waals surface area contributed by atoms with Gasteiger partial charge in [0.15, 0.2) is 5.11 Å². The number of benzene rings is 1. The van der Waals surface area contributed by atoms with Crippen LogP contribution in [0.3, 0.4) is 0 Å². The predicted octanol–water partition coefficient (Wildman–Crippen LogP) is 4.11. The Hall–Kier alpha value is -3.23. The number of anilines is 2. The van der Waals surface area contributed by atoms with Crippen molar-refractivity contribution in [2.75, 3.05) is 23.9 Å². The molecule has 172 valence electrons. The van der Waals surface area contributed by atoms with E-state index >= 15 is 0 Å². The minimum absolute atomic E-state index is 0.0157. The summed E-state index contributed by atoms with van der Waals surface area (Å²) in [5.74, 6) is -0.185. The summed E-state index contributed by atoms with van der Waals surface area (Å²) in [5, 5.41) is 7.04. The second kappa shape index (κ2) is 9.33. The maximum absolute atomic E-state index is 12.0. The van der Waals surface area contributed by atoms with Crippen LogP contribution in [0.15, 0.2) is 48.7 Å². The number of hydrogen-bond donors (Lipinski definition) is 2.